The number of carbonyl (C=O) groups excluding carboxylic acids is 2. The van der Waals surface area contributed by atoms with Crippen LogP contribution in [0.15, 0.2) is 48.5 Å². The summed E-state index contributed by atoms with van der Waals surface area (Å²) in [5.74, 6) is 0.00495. The van der Waals surface area contributed by atoms with E-state index in [1.807, 2.05) is 29.2 Å². The van der Waals surface area contributed by atoms with Crippen molar-refractivity contribution in [1.82, 2.24) is 9.88 Å². The Morgan fingerprint density at radius 3 is 2.37 bits per heavy atom. The van der Waals surface area contributed by atoms with Crippen LogP contribution in [0, 0.1) is 0 Å². The van der Waals surface area contributed by atoms with Crippen molar-refractivity contribution < 1.29 is 14.3 Å². The number of rotatable bonds is 4. The maximum Gasteiger partial charge on any atom is 0.274 e. The Morgan fingerprint density at radius 1 is 1.04 bits per heavy atom. The van der Waals surface area contributed by atoms with Crippen molar-refractivity contribution in [2.45, 2.75) is 25.9 Å². The molecule has 1 fully saturated rings. The lowest BCUT2D eigenvalue weighted by atomic mass is 10.0. The number of carbonyl (C=O) groups is 2. The van der Waals surface area contributed by atoms with Gasteiger partial charge in [0.1, 0.15) is 6.10 Å². The number of Topliss-reactive ketones (excluding diaryl/α,β-unsaturated/α-hetero) is 1. The third-order valence-corrected chi connectivity index (χ3v) is 5.74. The number of nitrogens with zero attached hydrogens (tertiary/aromatic N) is 2. The molecule has 138 valence electrons. The molecule has 1 aliphatic heterocycles. The third-order valence-electron chi connectivity index (χ3n) is 4.81. The third kappa shape index (κ3) is 3.85. The summed E-state index contributed by atoms with van der Waals surface area (Å²) in [6, 6.07) is 14.9. The van der Waals surface area contributed by atoms with Crippen molar-refractivity contribution in [3.05, 3.63) is 59.7 Å². The fourth-order valence-electron chi connectivity index (χ4n) is 3.25. The first-order valence-corrected chi connectivity index (χ1v) is 9.84. The Hall–Kier alpha value is -2.73. The van der Waals surface area contributed by atoms with Crippen molar-refractivity contribution in [1.29, 1.82) is 0 Å². The van der Waals surface area contributed by atoms with Crippen LogP contribution in [0.2, 0.25) is 0 Å². The maximum absolute atomic E-state index is 12.7. The Balaban J connectivity index is 1.35. The molecule has 2 aromatic carbocycles. The molecule has 0 N–H and O–H groups in total. The molecule has 0 bridgehead atoms. The average molecular weight is 380 g/mol. The Labute approximate surface area is 161 Å². The lowest BCUT2D eigenvalue weighted by Crippen LogP contribution is -2.41. The molecular weight excluding hydrogens is 360 g/mol. The molecule has 0 spiro atoms. The van der Waals surface area contributed by atoms with E-state index in [1.54, 1.807) is 35.6 Å². The van der Waals surface area contributed by atoms with Gasteiger partial charge in [0.15, 0.2) is 5.78 Å². The van der Waals surface area contributed by atoms with Crippen LogP contribution in [-0.2, 0) is 0 Å². The summed E-state index contributed by atoms with van der Waals surface area (Å²) >= 11 is 1.56. The fraction of sp³-hybridized carbons (Fsp3) is 0.286. The minimum atomic E-state index is 0.00168. The van der Waals surface area contributed by atoms with E-state index in [2.05, 4.69) is 4.98 Å². The highest BCUT2D eigenvalue weighted by molar-refractivity contribution is 7.20. The summed E-state index contributed by atoms with van der Waals surface area (Å²) in [5, 5.41) is 0.695. The summed E-state index contributed by atoms with van der Waals surface area (Å²) in [4.78, 5) is 30.4. The molecule has 1 aliphatic rings. The Kier molecular flexibility index (Phi) is 4.90. The predicted octanol–water partition coefficient (Wildman–Crippen LogP) is 4.18. The van der Waals surface area contributed by atoms with Gasteiger partial charge in [-0.1, -0.05) is 35.6 Å². The number of benzene rings is 2. The zero-order valence-electron chi connectivity index (χ0n) is 15.1. The van der Waals surface area contributed by atoms with E-state index in [4.69, 9.17) is 4.74 Å². The van der Waals surface area contributed by atoms with E-state index < -0.39 is 0 Å². The Morgan fingerprint density at radius 2 is 1.70 bits per heavy atom. The number of likely N-dealkylation sites (tertiary alicyclic amines) is 1. The number of piperidine rings is 1. The quantitative estimate of drug-likeness (QED) is 0.637. The van der Waals surface area contributed by atoms with Gasteiger partial charge in [-0.25, -0.2) is 4.98 Å². The van der Waals surface area contributed by atoms with Crippen molar-refractivity contribution in [2.75, 3.05) is 13.1 Å². The van der Waals surface area contributed by atoms with Gasteiger partial charge in [0.05, 0.1) is 10.2 Å². The number of amides is 1. The van der Waals surface area contributed by atoms with Crippen LogP contribution in [0.3, 0.4) is 0 Å². The van der Waals surface area contributed by atoms with Crippen LogP contribution in [0.5, 0.6) is 5.19 Å². The molecule has 5 nitrogen and oxygen atoms in total. The molecule has 0 radical (unpaired) electrons. The average Bonchev–Trinajstić information content (AvgIpc) is 3.10. The van der Waals surface area contributed by atoms with Gasteiger partial charge in [-0.15, -0.1) is 0 Å². The van der Waals surface area contributed by atoms with Gasteiger partial charge in [0.2, 0.25) is 0 Å². The summed E-state index contributed by atoms with van der Waals surface area (Å²) in [5.41, 5.74) is 2.19. The number of thiazole rings is 1. The van der Waals surface area contributed by atoms with Gasteiger partial charge in [-0.2, -0.15) is 0 Å². The molecule has 0 unspecified atom stereocenters. The van der Waals surface area contributed by atoms with Crippen molar-refractivity contribution in [3.8, 4) is 5.19 Å². The van der Waals surface area contributed by atoms with Gasteiger partial charge in [0.25, 0.3) is 11.1 Å². The van der Waals surface area contributed by atoms with Crippen LogP contribution in [0.25, 0.3) is 10.2 Å². The molecule has 6 heteroatoms. The summed E-state index contributed by atoms with van der Waals surface area (Å²) in [6.45, 7) is 2.83. The molecule has 1 amide bonds. The molecule has 0 atom stereocenters. The lowest BCUT2D eigenvalue weighted by molar-refractivity contribution is 0.0595. The SMILES string of the molecule is CC(=O)c1ccc(C(=O)N2CCC(Oc3nc4ccccc4s3)CC2)cc1. The second kappa shape index (κ2) is 7.48. The zero-order valence-corrected chi connectivity index (χ0v) is 15.9. The highest BCUT2D eigenvalue weighted by atomic mass is 32.1. The lowest BCUT2D eigenvalue weighted by Gasteiger charge is -2.31. The van der Waals surface area contributed by atoms with Crippen LogP contribution in [-0.4, -0.2) is 40.8 Å². The zero-order chi connectivity index (χ0) is 18.8. The number of para-hydroxylation sites is 1. The van der Waals surface area contributed by atoms with Crippen molar-refractivity contribution >= 4 is 33.2 Å². The topological polar surface area (TPSA) is 59.5 Å². The van der Waals surface area contributed by atoms with Crippen molar-refractivity contribution in [2.24, 2.45) is 0 Å². The predicted molar refractivity (Wildman–Crippen MR) is 106 cm³/mol. The number of hydrogen-bond acceptors (Lipinski definition) is 5. The minimum absolute atomic E-state index is 0.00168. The highest BCUT2D eigenvalue weighted by Crippen LogP contribution is 2.29. The van der Waals surface area contributed by atoms with E-state index in [0.29, 0.717) is 29.4 Å². The Bertz CT molecular complexity index is 940. The molecule has 3 aromatic rings. The molecule has 0 saturated carbocycles. The number of fused-ring (bicyclic) bond motifs is 1. The van der Waals surface area contributed by atoms with E-state index in [9.17, 15) is 9.59 Å². The van der Waals surface area contributed by atoms with Crippen LogP contribution in [0.4, 0.5) is 0 Å². The largest absolute Gasteiger partial charge is 0.467 e. The van der Waals surface area contributed by atoms with Crippen molar-refractivity contribution in [3.63, 3.8) is 0 Å². The number of ether oxygens (including phenoxy) is 1. The van der Waals surface area contributed by atoms with Gasteiger partial charge in [-0.05, 0) is 31.2 Å². The van der Waals surface area contributed by atoms with E-state index in [1.165, 1.54) is 6.92 Å². The first-order chi connectivity index (χ1) is 13.1. The highest BCUT2D eigenvalue weighted by Gasteiger charge is 2.25. The number of hydrogen-bond donors (Lipinski definition) is 0. The molecular formula is C21H20N2O3S. The number of ketones is 1. The van der Waals surface area contributed by atoms with Gasteiger partial charge in [0, 0.05) is 37.1 Å². The second-order valence-electron chi connectivity index (χ2n) is 6.69. The van der Waals surface area contributed by atoms with E-state index >= 15 is 0 Å². The van der Waals surface area contributed by atoms with Gasteiger partial charge in [-0.3, -0.25) is 9.59 Å². The summed E-state index contributed by atoms with van der Waals surface area (Å²) in [6.07, 6.45) is 1.65. The monoisotopic (exact) mass is 380 g/mol. The van der Waals surface area contributed by atoms with Gasteiger partial charge >= 0.3 is 0 Å². The fourth-order valence-corrected chi connectivity index (χ4v) is 4.13. The van der Waals surface area contributed by atoms with Gasteiger partial charge < -0.3 is 9.64 Å². The molecule has 1 saturated heterocycles. The standard InChI is InChI=1S/C21H20N2O3S/c1-14(24)15-6-8-16(9-7-15)20(25)23-12-10-17(11-13-23)26-21-22-18-4-2-3-5-19(18)27-21/h2-9,17H,10-13H2,1H3. The van der Waals surface area contributed by atoms with Crippen LogP contribution in [0.1, 0.15) is 40.5 Å². The molecule has 2 heterocycles. The minimum Gasteiger partial charge on any atom is -0.467 e. The summed E-state index contributed by atoms with van der Waals surface area (Å²) < 4.78 is 7.17. The van der Waals surface area contributed by atoms with E-state index in [-0.39, 0.29) is 17.8 Å². The molecule has 1 aromatic heterocycles. The normalized spacial score (nSPS) is 15.1. The number of aromatic nitrogens is 1. The van der Waals surface area contributed by atoms with E-state index in [0.717, 1.165) is 23.1 Å². The maximum atomic E-state index is 12.7. The first-order valence-electron chi connectivity index (χ1n) is 9.02. The van der Waals surface area contributed by atoms with Crippen LogP contribution < -0.4 is 4.74 Å². The van der Waals surface area contributed by atoms with Crippen LogP contribution >= 0.6 is 11.3 Å². The first kappa shape index (κ1) is 17.7. The molecule has 27 heavy (non-hydrogen) atoms. The molecule has 4 rings (SSSR count). The molecule has 0 aliphatic carbocycles. The smallest absolute Gasteiger partial charge is 0.274 e. The second-order valence-corrected chi connectivity index (χ2v) is 7.68. The summed E-state index contributed by atoms with van der Waals surface area (Å²) in [7, 11) is 0.